The van der Waals surface area contributed by atoms with E-state index in [4.69, 9.17) is 5.73 Å². The predicted octanol–water partition coefficient (Wildman–Crippen LogP) is 4.25. The van der Waals surface area contributed by atoms with Crippen LogP contribution < -0.4 is 5.73 Å². The molecular formula is C17H21F4N3O. The van der Waals surface area contributed by atoms with Gasteiger partial charge in [-0.2, -0.15) is 18.3 Å². The van der Waals surface area contributed by atoms with Gasteiger partial charge < -0.3 is 5.73 Å². The van der Waals surface area contributed by atoms with E-state index in [2.05, 4.69) is 10.2 Å². The number of Topliss-reactive ketones (excluding diaryl/α,β-unsaturated/α-hetero) is 1. The minimum Gasteiger partial charge on any atom is -0.313 e. The van der Waals surface area contributed by atoms with Gasteiger partial charge in [-0.3, -0.25) is 9.89 Å². The normalized spacial score (nSPS) is 13.6. The predicted molar refractivity (Wildman–Crippen MR) is 87.3 cm³/mol. The fraction of sp³-hybridized carbons (Fsp3) is 0.412. The molecule has 0 aliphatic heterocycles. The van der Waals surface area contributed by atoms with E-state index in [0.717, 1.165) is 19.1 Å². The van der Waals surface area contributed by atoms with Crippen LogP contribution in [0.1, 0.15) is 38.4 Å². The lowest BCUT2D eigenvalue weighted by Gasteiger charge is -2.32. The lowest BCUT2D eigenvalue weighted by Crippen LogP contribution is -2.52. The average Bonchev–Trinajstić information content (AvgIpc) is 2.90. The highest BCUT2D eigenvalue weighted by atomic mass is 19.4. The molecular weight excluding hydrogens is 338 g/mol. The number of hydrogen-bond acceptors (Lipinski definition) is 3. The lowest BCUT2D eigenvalue weighted by atomic mass is 9.82. The maximum Gasteiger partial charge on any atom is 0.411 e. The third-order valence-corrected chi connectivity index (χ3v) is 3.54. The largest absolute Gasteiger partial charge is 0.411 e. The Morgan fingerprint density at radius 3 is 2.16 bits per heavy atom. The van der Waals surface area contributed by atoms with Gasteiger partial charge in [0.15, 0.2) is 0 Å². The summed E-state index contributed by atoms with van der Waals surface area (Å²) >= 11 is 0. The number of aromatic amines is 1. The first kappa shape index (κ1) is 20.8. The molecule has 8 heteroatoms. The molecule has 1 aromatic carbocycles. The van der Waals surface area contributed by atoms with Crippen LogP contribution in [0.4, 0.5) is 17.6 Å². The molecule has 0 saturated carbocycles. The molecule has 0 bridgehead atoms. The first-order valence-corrected chi connectivity index (χ1v) is 7.72. The van der Waals surface area contributed by atoms with Crippen molar-refractivity contribution < 1.29 is 22.4 Å². The summed E-state index contributed by atoms with van der Waals surface area (Å²) in [4.78, 5) is 11.3. The van der Waals surface area contributed by atoms with Gasteiger partial charge in [-0.25, -0.2) is 4.39 Å². The van der Waals surface area contributed by atoms with Crippen LogP contribution in [-0.2, 0) is 10.3 Å². The Balaban J connectivity index is 0.00000151. The third-order valence-electron chi connectivity index (χ3n) is 3.54. The fourth-order valence-electron chi connectivity index (χ4n) is 2.51. The van der Waals surface area contributed by atoms with Crippen LogP contribution in [-0.4, -0.2) is 22.2 Å². The highest BCUT2D eigenvalue weighted by Gasteiger charge is 2.56. The summed E-state index contributed by atoms with van der Waals surface area (Å²) in [6.45, 7) is 6.43. The number of rotatable bonds is 4. The van der Waals surface area contributed by atoms with Crippen molar-refractivity contribution in [2.75, 3.05) is 0 Å². The Hall–Kier alpha value is -2.22. The van der Waals surface area contributed by atoms with Gasteiger partial charge in [0, 0.05) is 23.2 Å². The van der Waals surface area contributed by atoms with Crippen LogP contribution in [0.2, 0.25) is 0 Å². The van der Waals surface area contributed by atoms with Crippen LogP contribution >= 0.6 is 0 Å². The van der Waals surface area contributed by atoms with Crippen LogP contribution in [0.5, 0.6) is 0 Å². The summed E-state index contributed by atoms with van der Waals surface area (Å²) in [5.74, 6) is -1.23. The molecule has 4 nitrogen and oxygen atoms in total. The van der Waals surface area contributed by atoms with Gasteiger partial charge in [-0.15, -0.1) is 0 Å². The zero-order chi connectivity index (χ0) is 19.4. The summed E-state index contributed by atoms with van der Waals surface area (Å²) in [7, 11) is 0. The highest BCUT2D eigenvalue weighted by Crippen LogP contribution is 2.44. The maximum atomic E-state index is 13.6. The summed E-state index contributed by atoms with van der Waals surface area (Å²) in [6, 6.07) is 4.83. The number of carbonyl (C=O) groups is 1. The van der Waals surface area contributed by atoms with E-state index < -0.39 is 29.7 Å². The number of nitrogens with one attached hydrogen (secondary N) is 1. The number of alkyl halides is 3. The van der Waals surface area contributed by atoms with E-state index in [1.807, 2.05) is 13.8 Å². The molecule has 138 valence electrons. The van der Waals surface area contributed by atoms with Gasteiger partial charge in [0.2, 0.25) is 0 Å². The number of halogens is 4. The van der Waals surface area contributed by atoms with Gasteiger partial charge in [-0.05, 0) is 38.1 Å². The summed E-state index contributed by atoms with van der Waals surface area (Å²) in [6.07, 6.45) is -5.77. The second-order valence-electron chi connectivity index (χ2n) is 5.43. The van der Waals surface area contributed by atoms with Crippen LogP contribution in [0, 0.1) is 12.7 Å². The Morgan fingerprint density at radius 1 is 1.20 bits per heavy atom. The molecule has 1 heterocycles. The van der Waals surface area contributed by atoms with Crippen LogP contribution in [0.25, 0.3) is 11.3 Å². The zero-order valence-corrected chi connectivity index (χ0v) is 14.5. The molecule has 0 aliphatic rings. The van der Waals surface area contributed by atoms with Crippen molar-refractivity contribution in [3.05, 3.63) is 41.3 Å². The van der Waals surface area contributed by atoms with E-state index in [1.165, 1.54) is 19.1 Å². The molecule has 3 N–H and O–H groups in total. The monoisotopic (exact) mass is 359 g/mol. The molecule has 1 atom stereocenters. The standard InChI is InChI=1S/C15H15F4N3O.C2H6/c1-8(23)7-14(20,15(17,18)19)12-9(2)21-22-13(12)10-3-5-11(16)6-4-10;1-2/h3-6H,7,20H2,1-2H3,(H,21,22);1-2H3. The Labute approximate surface area is 143 Å². The minimum absolute atomic E-state index is 0.0522. The number of nitrogens with two attached hydrogens (primary N) is 1. The third kappa shape index (κ3) is 4.25. The van der Waals surface area contributed by atoms with Gasteiger partial charge >= 0.3 is 6.18 Å². The molecule has 2 rings (SSSR count). The second kappa shape index (κ2) is 7.77. The molecule has 0 amide bonds. The van der Waals surface area contributed by atoms with E-state index in [0.29, 0.717) is 0 Å². The smallest absolute Gasteiger partial charge is 0.313 e. The molecule has 1 aromatic heterocycles. The Bertz CT molecular complexity index is 722. The summed E-state index contributed by atoms with van der Waals surface area (Å²) < 4.78 is 53.8. The Kier molecular flexibility index (Phi) is 6.48. The molecule has 0 saturated heterocycles. The first-order valence-electron chi connectivity index (χ1n) is 7.72. The molecule has 0 aliphatic carbocycles. The molecule has 0 fully saturated rings. The van der Waals surface area contributed by atoms with Crippen molar-refractivity contribution in [3.63, 3.8) is 0 Å². The number of carbonyl (C=O) groups excluding carboxylic acids is 1. The average molecular weight is 359 g/mol. The molecule has 0 spiro atoms. The lowest BCUT2D eigenvalue weighted by molar-refractivity contribution is -0.192. The van der Waals surface area contributed by atoms with Crippen molar-refractivity contribution >= 4 is 5.78 Å². The number of benzene rings is 1. The second-order valence-corrected chi connectivity index (χ2v) is 5.43. The van der Waals surface area contributed by atoms with Crippen LogP contribution in [0.3, 0.4) is 0 Å². The zero-order valence-electron chi connectivity index (χ0n) is 14.5. The summed E-state index contributed by atoms with van der Waals surface area (Å²) in [5, 5.41) is 6.33. The number of aryl methyl sites for hydroxylation is 1. The van der Waals surface area contributed by atoms with Gasteiger partial charge in [0.25, 0.3) is 0 Å². The van der Waals surface area contributed by atoms with E-state index in [-0.39, 0.29) is 22.5 Å². The molecule has 1 unspecified atom stereocenters. The number of aromatic nitrogens is 2. The number of hydrogen-bond donors (Lipinski definition) is 2. The quantitative estimate of drug-likeness (QED) is 0.802. The van der Waals surface area contributed by atoms with Crippen molar-refractivity contribution in [1.82, 2.24) is 10.2 Å². The molecule has 0 radical (unpaired) electrons. The van der Waals surface area contributed by atoms with Gasteiger partial charge in [0.05, 0.1) is 5.69 Å². The van der Waals surface area contributed by atoms with Crippen molar-refractivity contribution in [1.29, 1.82) is 0 Å². The van der Waals surface area contributed by atoms with Crippen molar-refractivity contribution in [2.45, 2.75) is 45.8 Å². The number of nitrogens with zero attached hydrogens (tertiary/aromatic N) is 1. The maximum absolute atomic E-state index is 13.6. The van der Waals surface area contributed by atoms with Crippen molar-refractivity contribution in [2.24, 2.45) is 5.73 Å². The molecule has 2 aromatic rings. The van der Waals surface area contributed by atoms with Crippen LogP contribution in [0.15, 0.2) is 24.3 Å². The van der Waals surface area contributed by atoms with Gasteiger partial charge in [-0.1, -0.05) is 13.8 Å². The minimum atomic E-state index is -4.86. The number of ketones is 1. The SMILES string of the molecule is CC.CC(=O)CC(N)(c1c(-c2ccc(F)cc2)n[nH]c1C)C(F)(F)F. The topological polar surface area (TPSA) is 71.8 Å². The van der Waals surface area contributed by atoms with E-state index in [9.17, 15) is 22.4 Å². The summed E-state index contributed by atoms with van der Waals surface area (Å²) in [5.41, 5.74) is 2.76. The van der Waals surface area contributed by atoms with E-state index in [1.54, 1.807) is 0 Å². The molecule has 25 heavy (non-hydrogen) atoms. The van der Waals surface area contributed by atoms with E-state index >= 15 is 0 Å². The first-order chi connectivity index (χ1) is 11.6. The highest BCUT2D eigenvalue weighted by molar-refractivity contribution is 5.78. The number of H-pyrrole nitrogens is 1. The van der Waals surface area contributed by atoms with Gasteiger partial charge in [0.1, 0.15) is 17.1 Å². The Morgan fingerprint density at radius 2 is 1.72 bits per heavy atom. The van der Waals surface area contributed by atoms with Crippen molar-refractivity contribution in [3.8, 4) is 11.3 Å². The fourth-order valence-corrected chi connectivity index (χ4v) is 2.51.